The van der Waals surface area contributed by atoms with Crippen LogP contribution in [0.5, 0.6) is 0 Å². The molecule has 2 aliphatic rings. The van der Waals surface area contributed by atoms with Gasteiger partial charge in [0, 0.05) is 57.4 Å². The van der Waals surface area contributed by atoms with Gasteiger partial charge in [-0.3, -0.25) is 14.8 Å². The van der Waals surface area contributed by atoms with Crippen molar-refractivity contribution in [2.45, 2.75) is 57.9 Å². The van der Waals surface area contributed by atoms with Gasteiger partial charge in [0.1, 0.15) is 0 Å². The standard InChI is InChI=1S/C22H37N5O.HI/c1-17-12-21(15-26(17)14-20-8-6-5-7-9-20)25-22(23-4)24-13-18(2)27-10-11-28-16-19(27)3;/h5-9,17-19,21H,10-16H2,1-4H3,(H2,23,24,25);1H. The van der Waals surface area contributed by atoms with Crippen LogP contribution in [0.1, 0.15) is 32.8 Å². The van der Waals surface area contributed by atoms with E-state index in [2.05, 4.69) is 76.5 Å². The highest BCUT2D eigenvalue weighted by atomic mass is 127. The molecule has 0 bridgehead atoms. The highest BCUT2D eigenvalue weighted by Crippen LogP contribution is 2.20. The Morgan fingerprint density at radius 2 is 2.00 bits per heavy atom. The van der Waals surface area contributed by atoms with E-state index in [1.807, 2.05) is 7.05 Å². The SMILES string of the molecule is CN=C(NCC(C)N1CCOCC1C)NC1CC(C)N(Cc2ccccc2)C1.I. The quantitative estimate of drug-likeness (QED) is 0.347. The van der Waals surface area contributed by atoms with Crippen LogP contribution in [0, 0.1) is 0 Å². The molecule has 0 aromatic heterocycles. The number of likely N-dealkylation sites (tertiary alicyclic amines) is 1. The third-order valence-electron chi connectivity index (χ3n) is 6.05. The van der Waals surface area contributed by atoms with Gasteiger partial charge in [0.25, 0.3) is 0 Å². The van der Waals surface area contributed by atoms with E-state index < -0.39 is 0 Å². The minimum absolute atomic E-state index is 0. The molecule has 29 heavy (non-hydrogen) atoms. The minimum atomic E-state index is 0. The fourth-order valence-electron chi connectivity index (χ4n) is 4.39. The molecule has 0 saturated carbocycles. The summed E-state index contributed by atoms with van der Waals surface area (Å²) < 4.78 is 5.56. The fourth-order valence-corrected chi connectivity index (χ4v) is 4.39. The lowest BCUT2D eigenvalue weighted by Crippen LogP contribution is -2.53. The second-order valence-electron chi connectivity index (χ2n) is 8.30. The van der Waals surface area contributed by atoms with Gasteiger partial charge in [-0.05, 0) is 32.8 Å². The minimum Gasteiger partial charge on any atom is -0.379 e. The molecule has 3 rings (SSSR count). The number of nitrogens with zero attached hydrogens (tertiary/aromatic N) is 3. The summed E-state index contributed by atoms with van der Waals surface area (Å²) in [6.45, 7) is 12.5. The van der Waals surface area contributed by atoms with Crippen LogP contribution < -0.4 is 10.6 Å². The number of aliphatic imine (C=N–C) groups is 1. The summed E-state index contributed by atoms with van der Waals surface area (Å²) >= 11 is 0. The van der Waals surface area contributed by atoms with Crippen LogP contribution in [0.25, 0.3) is 0 Å². The van der Waals surface area contributed by atoms with Crippen molar-refractivity contribution in [3.8, 4) is 0 Å². The number of guanidine groups is 1. The first kappa shape index (κ1) is 24.4. The molecule has 7 heteroatoms. The molecular weight excluding hydrogens is 477 g/mol. The maximum Gasteiger partial charge on any atom is 0.191 e. The van der Waals surface area contributed by atoms with Crippen molar-refractivity contribution in [1.82, 2.24) is 20.4 Å². The number of morpholine rings is 1. The first-order chi connectivity index (χ1) is 13.6. The van der Waals surface area contributed by atoms with Gasteiger partial charge in [0.05, 0.1) is 13.2 Å². The van der Waals surface area contributed by atoms with Crippen LogP contribution in [0.3, 0.4) is 0 Å². The van der Waals surface area contributed by atoms with E-state index in [-0.39, 0.29) is 24.0 Å². The average molecular weight is 515 g/mol. The van der Waals surface area contributed by atoms with Gasteiger partial charge in [-0.15, -0.1) is 24.0 Å². The van der Waals surface area contributed by atoms with E-state index >= 15 is 0 Å². The molecule has 2 aliphatic heterocycles. The maximum atomic E-state index is 5.56. The molecule has 2 saturated heterocycles. The third kappa shape index (κ3) is 7.08. The van der Waals surface area contributed by atoms with Gasteiger partial charge < -0.3 is 15.4 Å². The largest absolute Gasteiger partial charge is 0.379 e. The van der Waals surface area contributed by atoms with Crippen LogP contribution in [0.4, 0.5) is 0 Å². The van der Waals surface area contributed by atoms with Crippen molar-refractivity contribution < 1.29 is 4.74 Å². The Morgan fingerprint density at radius 1 is 1.24 bits per heavy atom. The lowest BCUT2D eigenvalue weighted by molar-refractivity contribution is -0.0174. The molecule has 2 heterocycles. The number of rotatable bonds is 6. The predicted molar refractivity (Wildman–Crippen MR) is 131 cm³/mol. The van der Waals surface area contributed by atoms with Crippen LogP contribution >= 0.6 is 24.0 Å². The zero-order valence-electron chi connectivity index (χ0n) is 18.3. The van der Waals surface area contributed by atoms with E-state index in [1.54, 1.807) is 0 Å². The topological polar surface area (TPSA) is 52.1 Å². The Bertz CT molecular complexity index is 629. The lowest BCUT2D eigenvalue weighted by Gasteiger charge is -2.38. The van der Waals surface area contributed by atoms with Gasteiger partial charge in [-0.2, -0.15) is 0 Å². The summed E-state index contributed by atoms with van der Waals surface area (Å²) in [5, 5.41) is 7.17. The molecule has 4 atom stereocenters. The number of hydrogen-bond donors (Lipinski definition) is 2. The number of halogens is 1. The lowest BCUT2D eigenvalue weighted by atomic mass is 10.2. The summed E-state index contributed by atoms with van der Waals surface area (Å²) in [6.07, 6.45) is 1.14. The van der Waals surface area contributed by atoms with Gasteiger partial charge in [-0.25, -0.2) is 0 Å². The molecule has 0 aliphatic carbocycles. The molecule has 0 radical (unpaired) electrons. The molecule has 0 amide bonds. The average Bonchev–Trinajstić information content (AvgIpc) is 3.04. The molecule has 2 fully saturated rings. The van der Waals surface area contributed by atoms with E-state index in [1.165, 1.54) is 5.56 Å². The maximum absolute atomic E-state index is 5.56. The van der Waals surface area contributed by atoms with Crippen molar-refractivity contribution in [3.05, 3.63) is 35.9 Å². The molecule has 6 nitrogen and oxygen atoms in total. The molecular formula is C22H38IN5O. The van der Waals surface area contributed by atoms with E-state index in [9.17, 15) is 0 Å². The summed E-state index contributed by atoms with van der Waals surface area (Å²) in [5.41, 5.74) is 1.38. The fraction of sp³-hybridized carbons (Fsp3) is 0.682. The number of nitrogens with one attached hydrogen (secondary N) is 2. The molecule has 4 unspecified atom stereocenters. The van der Waals surface area contributed by atoms with Crippen LogP contribution in [0.15, 0.2) is 35.3 Å². The normalized spacial score (nSPS) is 27.3. The van der Waals surface area contributed by atoms with Gasteiger partial charge >= 0.3 is 0 Å². The second kappa shape index (κ2) is 12.1. The number of ether oxygens (including phenoxy) is 1. The smallest absolute Gasteiger partial charge is 0.191 e. The third-order valence-corrected chi connectivity index (χ3v) is 6.05. The van der Waals surface area contributed by atoms with Crippen LogP contribution in [0.2, 0.25) is 0 Å². The summed E-state index contributed by atoms with van der Waals surface area (Å²) in [5.74, 6) is 0.909. The first-order valence-corrected chi connectivity index (χ1v) is 10.7. The Morgan fingerprint density at radius 3 is 2.69 bits per heavy atom. The summed E-state index contributed by atoms with van der Waals surface area (Å²) in [6, 6.07) is 12.7. The van der Waals surface area contributed by atoms with Crippen molar-refractivity contribution in [3.63, 3.8) is 0 Å². The van der Waals surface area contributed by atoms with Gasteiger partial charge in [0.15, 0.2) is 5.96 Å². The zero-order valence-corrected chi connectivity index (χ0v) is 20.6. The van der Waals surface area contributed by atoms with Crippen molar-refractivity contribution in [2.24, 2.45) is 4.99 Å². The first-order valence-electron chi connectivity index (χ1n) is 10.7. The van der Waals surface area contributed by atoms with Crippen LogP contribution in [-0.4, -0.2) is 79.8 Å². The zero-order chi connectivity index (χ0) is 19.9. The molecule has 1 aromatic carbocycles. The summed E-state index contributed by atoms with van der Waals surface area (Å²) in [7, 11) is 1.86. The van der Waals surface area contributed by atoms with E-state index in [4.69, 9.17) is 4.74 Å². The number of hydrogen-bond acceptors (Lipinski definition) is 4. The molecule has 0 spiro atoms. The number of benzene rings is 1. The Balaban J connectivity index is 0.00000300. The van der Waals surface area contributed by atoms with Gasteiger partial charge in [-0.1, -0.05) is 30.3 Å². The molecule has 1 aromatic rings. The van der Waals surface area contributed by atoms with E-state index in [0.29, 0.717) is 24.2 Å². The Kier molecular flexibility index (Phi) is 10.1. The van der Waals surface area contributed by atoms with E-state index in [0.717, 1.165) is 51.8 Å². The van der Waals surface area contributed by atoms with Crippen molar-refractivity contribution >= 4 is 29.9 Å². The Hall–Kier alpha value is -0.900. The Labute approximate surface area is 193 Å². The highest BCUT2D eigenvalue weighted by molar-refractivity contribution is 14.0. The van der Waals surface area contributed by atoms with Gasteiger partial charge in [0.2, 0.25) is 0 Å². The van der Waals surface area contributed by atoms with Crippen molar-refractivity contribution in [1.29, 1.82) is 0 Å². The summed E-state index contributed by atoms with van der Waals surface area (Å²) in [4.78, 5) is 9.53. The van der Waals surface area contributed by atoms with Crippen molar-refractivity contribution in [2.75, 3.05) is 39.9 Å². The van der Waals surface area contributed by atoms with Crippen LogP contribution in [-0.2, 0) is 11.3 Å². The monoisotopic (exact) mass is 515 g/mol. The predicted octanol–water partition coefficient (Wildman–Crippen LogP) is 2.54. The molecule has 2 N–H and O–H groups in total. The highest BCUT2D eigenvalue weighted by Gasteiger charge is 2.30. The second-order valence-corrected chi connectivity index (χ2v) is 8.30. The molecule has 164 valence electrons.